The molecule has 0 aromatic heterocycles. The molecular formula is C21H26ClNO2. The average molecular weight is 360 g/mol. The molecule has 2 aromatic rings. The summed E-state index contributed by atoms with van der Waals surface area (Å²) in [5.74, 6) is 0.134. The lowest BCUT2D eigenvalue weighted by molar-refractivity contribution is 0.0501. The van der Waals surface area contributed by atoms with Gasteiger partial charge in [-0.3, -0.25) is 0 Å². The quantitative estimate of drug-likeness (QED) is 0.756. The standard InChI is InChI=1S/C21H26ClNO2/c1-15(23-20(24)25-21(2,3)4)19(17-8-6-5-7-9-17)14-16-10-12-18(22)13-11-16/h5-13,15,19H,14H2,1-4H3,(H,23,24). The summed E-state index contributed by atoms with van der Waals surface area (Å²) in [4.78, 5) is 12.2. The Kier molecular flexibility index (Phi) is 6.49. The maximum Gasteiger partial charge on any atom is 0.407 e. The molecule has 0 spiro atoms. The molecule has 0 fully saturated rings. The smallest absolute Gasteiger partial charge is 0.407 e. The highest BCUT2D eigenvalue weighted by Gasteiger charge is 2.24. The Bertz CT molecular complexity index is 677. The van der Waals surface area contributed by atoms with Gasteiger partial charge in [-0.25, -0.2) is 4.79 Å². The molecule has 0 aliphatic rings. The molecule has 0 bridgehead atoms. The van der Waals surface area contributed by atoms with Crippen LogP contribution in [0.1, 0.15) is 44.7 Å². The first-order valence-electron chi connectivity index (χ1n) is 8.53. The number of alkyl carbamates (subject to hydrolysis) is 1. The Labute approximate surface area is 155 Å². The van der Waals surface area contributed by atoms with Crippen LogP contribution in [0.3, 0.4) is 0 Å². The van der Waals surface area contributed by atoms with Gasteiger partial charge < -0.3 is 10.1 Å². The van der Waals surface area contributed by atoms with Gasteiger partial charge in [0.1, 0.15) is 5.60 Å². The summed E-state index contributed by atoms with van der Waals surface area (Å²) in [6, 6.07) is 18.0. The molecule has 2 aromatic carbocycles. The van der Waals surface area contributed by atoms with Crippen LogP contribution in [0.4, 0.5) is 4.79 Å². The molecule has 0 radical (unpaired) electrons. The van der Waals surface area contributed by atoms with Gasteiger partial charge in [0.05, 0.1) is 0 Å². The van der Waals surface area contributed by atoms with E-state index in [4.69, 9.17) is 16.3 Å². The molecule has 3 nitrogen and oxygen atoms in total. The second-order valence-corrected chi connectivity index (χ2v) is 7.72. The summed E-state index contributed by atoms with van der Waals surface area (Å²) >= 11 is 5.98. The fourth-order valence-corrected chi connectivity index (χ4v) is 2.88. The number of hydrogen-bond donors (Lipinski definition) is 1. The number of carbonyl (C=O) groups is 1. The van der Waals surface area contributed by atoms with E-state index in [0.717, 1.165) is 11.4 Å². The summed E-state index contributed by atoms with van der Waals surface area (Å²) in [6.07, 6.45) is 0.412. The van der Waals surface area contributed by atoms with E-state index in [2.05, 4.69) is 17.4 Å². The van der Waals surface area contributed by atoms with Crippen molar-refractivity contribution in [3.05, 3.63) is 70.7 Å². The molecule has 2 rings (SSSR count). The minimum absolute atomic E-state index is 0.0760. The Morgan fingerprint density at radius 3 is 2.24 bits per heavy atom. The Morgan fingerprint density at radius 1 is 1.08 bits per heavy atom. The highest BCUT2D eigenvalue weighted by Crippen LogP contribution is 2.25. The van der Waals surface area contributed by atoms with E-state index in [9.17, 15) is 4.79 Å². The van der Waals surface area contributed by atoms with Crippen LogP contribution in [0.2, 0.25) is 5.02 Å². The van der Waals surface area contributed by atoms with E-state index in [1.807, 2.05) is 70.2 Å². The van der Waals surface area contributed by atoms with Crippen molar-refractivity contribution >= 4 is 17.7 Å². The van der Waals surface area contributed by atoms with Crippen molar-refractivity contribution < 1.29 is 9.53 Å². The van der Waals surface area contributed by atoms with Crippen molar-refractivity contribution in [2.45, 2.75) is 51.7 Å². The molecule has 1 amide bonds. The van der Waals surface area contributed by atoms with Crippen LogP contribution in [0, 0.1) is 0 Å². The van der Waals surface area contributed by atoms with E-state index in [1.165, 1.54) is 11.1 Å². The topological polar surface area (TPSA) is 38.3 Å². The van der Waals surface area contributed by atoms with Gasteiger partial charge in [-0.05, 0) is 57.4 Å². The second kappa shape index (κ2) is 8.39. The van der Waals surface area contributed by atoms with Crippen molar-refractivity contribution in [3.63, 3.8) is 0 Å². The van der Waals surface area contributed by atoms with Gasteiger partial charge in [0, 0.05) is 17.0 Å². The predicted molar refractivity (Wildman–Crippen MR) is 103 cm³/mol. The molecule has 1 N–H and O–H groups in total. The molecule has 2 unspecified atom stereocenters. The number of benzene rings is 2. The van der Waals surface area contributed by atoms with Crippen LogP contribution >= 0.6 is 11.6 Å². The minimum Gasteiger partial charge on any atom is -0.444 e. The molecule has 2 atom stereocenters. The average Bonchev–Trinajstić information content (AvgIpc) is 2.53. The van der Waals surface area contributed by atoms with Crippen LogP contribution < -0.4 is 5.32 Å². The fourth-order valence-electron chi connectivity index (χ4n) is 2.75. The zero-order valence-corrected chi connectivity index (χ0v) is 16.0. The van der Waals surface area contributed by atoms with Crippen molar-refractivity contribution in [1.82, 2.24) is 5.32 Å². The van der Waals surface area contributed by atoms with Crippen molar-refractivity contribution in [3.8, 4) is 0 Å². The van der Waals surface area contributed by atoms with Crippen LogP contribution in [0.25, 0.3) is 0 Å². The molecular weight excluding hydrogens is 334 g/mol. The zero-order chi connectivity index (χ0) is 18.4. The van der Waals surface area contributed by atoms with E-state index >= 15 is 0 Å². The molecule has 0 aliphatic heterocycles. The van der Waals surface area contributed by atoms with Gasteiger partial charge in [0.15, 0.2) is 0 Å². The third kappa shape index (κ3) is 6.43. The zero-order valence-electron chi connectivity index (χ0n) is 15.3. The molecule has 0 saturated heterocycles. The monoisotopic (exact) mass is 359 g/mol. The number of hydrogen-bond acceptors (Lipinski definition) is 2. The lowest BCUT2D eigenvalue weighted by Crippen LogP contribution is -2.41. The molecule has 0 aliphatic carbocycles. The van der Waals surface area contributed by atoms with Gasteiger partial charge in [-0.2, -0.15) is 0 Å². The molecule has 0 saturated carbocycles. The predicted octanol–water partition coefficient (Wildman–Crippen LogP) is 5.58. The second-order valence-electron chi connectivity index (χ2n) is 7.28. The van der Waals surface area contributed by atoms with Crippen LogP contribution in [-0.4, -0.2) is 17.7 Å². The first-order valence-corrected chi connectivity index (χ1v) is 8.91. The van der Waals surface area contributed by atoms with Crippen LogP contribution in [0.15, 0.2) is 54.6 Å². The maximum absolute atomic E-state index is 12.2. The largest absolute Gasteiger partial charge is 0.444 e. The van der Waals surface area contributed by atoms with Gasteiger partial charge in [-0.1, -0.05) is 54.1 Å². The summed E-state index contributed by atoms with van der Waals surface area (Å²) in [5.41, 5.74) is 1.85. The summed E-state index contributed by atoms with van der Waals surface area (Å²) in [7, 11) is 0. The first-order chi connectivity index (χ1) is 11.7. The third-order valence-electron chi connectivity index (χ3n) is 3.94. The fraction of sp³-hybridized carbons (Fsp3) is 0.381. The summed E-state index contributed by atoms with van der Waals surface area (Å²) in [5, 5.41) is 3.70. The Morgan fingerprint density at radius 2 is 1.68 bits per heavy atom. The summed E-state index contributed by atoms with van der Waals surface area (Å²) < 4.78 is 5.39. The van der Waals surface area contributed by atoms with Gasteiger partial charge >= 0.3 is 6.09 Å². The SMILES string of the molecule is CC(NC(=O)OC(C)(C)C)C(Cc1ccc(Cl)cc1)c1ccccc1. The molecule has 0 heterocycles. The number of amides is 1. The Balaban J connectivity index is 2.16. The molecule has 4 heteroatoms. The van der Waals surface area contributed by atoms with Gasteiger partial charge in [0.2, 0.25) is 0 Å². The van der Waals surface area contributed by atoms with Gasteiger partial charge in [0.25, 0.3) is 0 Å². The van der Waals surface area contributed by atoms with Crippen molar-refractivity contribution in [2.75, 3.05) is 0 Å². The number of rotatable bonds is 5. The van der Waals surface area contributed by atoms with E-state index in [0.29, 0.717) is 0 Å². The number of carbonyl (C=O) groups excluding carboxylic acids is 1. The van der Waals surface area contributed by atoms with E-state index in [-0.39, 0.29) is 12.0 Å². The molecule has 25 heavy (non-hydrogen) atoms. The maximum atomic E-state index is 12.2. The van der Waals surface area contributed by atoms with Crippen molar-refractivity contribution in [2.24, 2.45) is 0 Å². The minimum atomic E-state index is -0.512. The first kappa shape index (κ1) is 19.3. The molecule has 134 valence electrons. The number of ether oxygens (including phenoxy) is 1. The summed E-state index contributed by atoms with van der Waals surface area (Å²) in [6.45, 7) is 7.59. The number of nitrogens with one attached hydrogen (secondary N) is 1. The van der Waals surface area contributed by atoms with Crippen LogP contribution in [-0.2, 0) is 11.2 Å². The van der Waals surface area contributed by atoms with E-state index in [1.54, 1.807) is 0 Å². The van der Waals surface area contributed by atoms with Gasteiger partial charge in [-0.15, -0.1) is 0 Å². The number of halogens is 1. The third-order valence-corrected chi connectivity index (χ3v) is 4.20. The lowest BCUT2D eigenvalue weighted by Gasteiger charge is -2.27. The van der Waals surface area contributed by atoms with E-state index < -0.39 is 11.7 Å². The highest BCUT2D eigenvalue weighted by molar-refractivity contribution is 6.30. The Hall–Kier alpha value is -2.00. The highest BCUT2D eigenvalue weighted by atomic mass is 35.5. The van der Waals surface area contributed by atoms with Crippen molar-refractivity contribution in [1.29, 1.82) is 0 Å². The normalized spacial score (nSPS) is 13.8. The van der Waals surface area contributed by atoms with Crippen LogP contribution in [0.5, 0.6) is 0 Å². The lowest BCUT2D eigenvalue weighted by atomic mass is 9.86.